The largest absolute Gasteiger partial charge is 0.355 e. The number of benzene rings is 1. The van der Waals surface area contributed by atoms with E-state index in [-0.39, 0.29) is 11.6 Å². The summed E-state index contributed by atoms with van der Waals surface area (Å²) in [5.41, 5.74) is 4.34. The minimum atomic E-state index is 0.120. The first-order chi connectivity index (χ1) is 13.9. The molecule has 2 aromatic heterocycles. The molecule has 153 valence electrons. The van der Waals surface area contributed by atoms with Crippen LogP contribution in [0.1, 0.15) is 46.1 Å². The molecule has 29 heavy (non-hydrogen) atoms. The van der Waals surface area contributed by atoms with E-state index < -0.39 is 0 Å². The van der Waals surface area contributed by atoms with Crippen molar-refractivity contribution in [3.8, 4) is 16.9 Å². The van der Waals surface area contributed by atoms with Gasteiger partial charge in [0.1, 0.15) is 5.82 Å². The number of hydrogen-bond donors (Lipinski definition) is 2. The Hall–Kier alpha value is -2.66. The minimum absolute atomic E-state index is 0.120. The molecule has 1 unspecified atom stereocenters. The number of aromatic nitrogens is 3. The van der Waals surface area contributed by atoms with E-state index in [9.17, 15) is 0 Å². The van der Waals surface area contributed by atoms with Gasteiger partial charge in [0.05, 0.1) is 17.5 Å². The summed E-state index contributed by atoms with van der Waals surface area (Å²) in [5.74, 6) is 0.951. The third-order valence-electron chi connectivity index (χ3n) is 4.93. The fourth-order valence-corrected chi connectivity index (χ4v) is 3.31. The second kappa shape index (κ2) is 9.23. The van der Waals surface area contributed by atoms with E-state index in [0.717, 1.165) is 35.6 Å². The number of nitrogens with one attached hydrogen (secondary N) is 2. The van der Waals surface area contributed by atoms with Crippen LogP contribution in [0.5, 0.6) is 0 Å². The van der Waals surface area contributed by atoms with Crippen LogP contribution in [-0.4, -0.2) is 27.5 Å². The van der Waals surface area contributed by atoms with Gasteiger partial charge >= 0.3 is 0 Å². The fraction of sp³-hybridized carbons (Fsp3) is 0.375. The van der Waals surface area contributed by atoms with Gasteiger partial charge in [-0.05, 0) is 55.1 Å². The van der Waals surface area contributed by atoms with Crippen molar-refractivity contribution in [2.75, 3.05) is 11.9 Å². The quantitative estimate of drug-likeness (QED) is 0.520. The van der Waals surface area contributed by atoms with Crippen LogP contribution in [0.3, 0.4) is 0 Å². The molecule has 1 aromatic carbocycles. The Morgan fingerprint density at radius 2 is 1.90 bits per heavy atom. The number of nitrogens with zero attached hydrogens (tertiary/aromatic N) is 3. The lowest BCUT2D eigenvalue weighted by Gasteiger charge is -2.21. The first-order valence-corrected chi connectivity index (χ1v) is 10.3. The van der Waals surface area contributed by atoms with Crippen LogP contribution in [0.4, 0.5) is 5.82 Å². The zero-order valence-corrected chi connectivity index (χ0v) is 17.9. The van der Waals surface area contributed by atoms with Crippen molar-refractivity contribution in [2.45, 2.75) is 52.1 Å². The molecule has 2 heterocycles. The van der Waals surface area contributed by atoms with Gasteiger partial charge in [0.25, 0.3) is 0 Å². The number of hydrogen-bond acceptors (Lipinski definition) is 4. The van der Waals surface area contributed by atoms with E-state index in [0.29, 0.717) is 6.54 Å². The molecule has 3 aromatic rings. The predicted molar refractivity (Wildman–Crippen MR) is 121 cm³/mol. The second-order valence-electron chi connectivity index (χ2n) is 8.30. The van der Waals surface area contributed by atoms with Crippen LogP contribution in [0.25, 0.3) is 16.9 Å². The lowest BCUT2D eigenvalue weighted by molar-refractivity contribution is 0.543. The summed E-state index contributed by atoms with van der Waals surface area (Å²) in [6.45, 7) is 13.5. The van der Waals surface area contributed by atoms with E-state index in [2.05, 4.69) is 80.6 Å². The topological polar surface area (TPSA) is 54.8 Å². The first kappa shape index (κ1) is 21.1. The van der Waals surface area contributed by atoms with Gasteiger partial charge in [-0.15, -0.1) is 0 Å². The number of rotatable bonds is 8. The van der Waals surface area contributed by atoms with Crippen molar-refractivity contribution in [1.82, 2.24) is 20.1 Å². The molecule has 5 heteroatoms. The molecule has 0 aliphatic rings. The van der Waals surface area contributed by atoms with Crippen molar-refractivity contribution >= 4 is 5.82 Å². The Labute approximate surface area is 174 Å². The maximum Gasteiger partial charge on any atom is 0.131 e. The van der Waals surface area contributed by atoms with Crippen LogP contribution in [0.2, 0.25) is 0 Å². The molecule has 0 aliphatic carbocycles. The van der Waals surface area contributed by atoms with E-state index in [1.165, 1.54) is 5.56 Å². The van der Waals surface area contributed by atoms with Crippen molar-refractivity contribution in [1.29, 1.82) is 0 Å². The number of anilines is 1. The molecule has 1 atom stereocenters. The van der Waals surface area contributed by atoms with E-state index in [4.69, 9.17) is 5.10 Å². The average Bonchev–Trinajstić information content (AvgIpc) is 3.12. The zero-order valence-electron chi connectivity index (χ0n) is 17.9. The Balaban J connectivity index is 2.00. The molecule has 3 rings (SSSR count). The second-order valence-corrected chi connectivity index (χ2v) is 8.30. The van der Waals surface area contributed by atoms with Crippen molar-refractivity contribution in [3.05, 3.63) is 67.3 Å². The standard InChI is InChI=1S/C24H32N5/c1-6-9-22(26-7-2)27-23-16-21(18-10-8-15-25-17-18)28-29(23)20-13-11-19(12-14-20)24(3,4)5/h8,10-17,22,26-27H,2,6-7,9H2,1,3-5H3. The third-order valence-corrected chi connectivity index (χ3v) is 4.93. The molecule has 5 nitrogen and oxygen atoms in total. The van der Waals surface area contributed by atoms with Crippen LogP contribution >= 0.6 is 0 Å². The highest BCUT2D eigenvalue weighted by molar-refractivity contribution is 5.64. The molecule has 0 aliphatic heterocycles. The van der Waals surface area contributed by atoms with Crippen molar-refractivity contribution < 1.29 is 0 Å². The summed E-state index contributed by atoms with van der Waals surface area (Å²) in [4.78, 5) is 4.24. The van der Waals surface area contributed by atoms with E-state index in [1.807, 2.05) is 23.0 Å². The maximum absolute atomic E-state index is 4.89. The molecule has 1 radical (unpaired) electrons. The Morgan fingerprint density at radius 3 is 2.48 bits per heavy atom. The summed E-state index contributed by atoms with van der Waals surface area (Å²) < 4.78 is 1.97. The normalized spacial score (nSPS) is 12.7. The van der Waals surface area contributed by atoms with Gasteiger partial charge in [0, 0.05) is 24.0 Å². The molecule has 0 saturated carbocycles. The van der Waals surface area contributed by atoms with E-state index >= 15 is 0 Å². The molecule has 0 amide bonds. The highest BCUT2D eigenvalue weighted by Crippen LogP contribution is 2.27. The summed E-state index contributed by atoms with van der Waals surface area (Å²) in [6.07, 6.45) is 5.85. The third kappa shape index (κ3) is 5.24. The summed E-state index contributed by atoms with van der Waals surface area (Å²) in [7, 11) is 0. The zero-order chi connectivity index (χ0) is 20.9. The highest BCUT2D eigenvalue weighted by atomic mass is 15.3. The average molecular weight is 391 g/mol. The molecule has 2 N–H and O–H groups in total. The van der Waals surface area contributed by atoms with Crippen LogP contribution in [-0.2, 0) is 5.41 Å². The van der Waals surface area contributed by atoms with Gasteiger partial charge in [0.2, 0.25) is 0 Å². The van der Waals surface area contributed by atoms with Gasteiger partial charge in [-0.3, -0.25) is 10.3 Å². The van der Waals surface area contributed by atoms with E-state index in [1.54, 1.807) is 6.20 Å². The summed E-state index contributed by atoms with van der Waals surface area (Å²) in [6, 6.07) is 14.7. The maximum atomic E-state index is 4.89. The smallest absolute Gasteiger partial charge is 0.131 e. The monoisotopic (exact) mass is 390 g/mol. The molecule has 0 saturated heterocycles. The molecule has 0 bridgehead atoms. The predicted octanol–water partition coefficient (Wildman–Crippen LogP) is 5.19. The van der Waals surface area contributed by atoms with Crippen molar-refractivity contribution in [3.63, 3.8) is 0 Å². The Kier molecular flexibility index (Phi) is 6.70. The molecular formula is C24H32N5. The van der Waals surface area contributed by atoms with Gasteiger partial charge in [-0.1, -0.05) is 46.2 Å². The molecule has 0 spiro atoms. The molecular weight excluding hydrogens is 358 g/mol. The SMILES string of the molecule is [CH2]CNC(CCC)Nc1cc(-c2cccnc2)nn1-c1ccc(C(C)(C)C)cc1. The summed E-state index contributed by atoms with van der Waals surface area (Å²) in [5, 5.41) is 11.9. The van der Waals surface area contributed by atoms with Gasteiger partial charge in [-0.2, -0.15) is 5.10 Å². The number of pyridine rings is 1. The fourth-order valence-electron chi connectivity index (χ4n) is 3.31. The Bertz CT molecular complexity index is 885. The first-order valence-electron chi connectivity index (χ1n) is 10.3. The van der Waals surface area contributed by atoms with Gasteiger partial charge in [0.15, 0.2) is 0 Å². The van der Waals surface area contributed by atoms with Crippen LogP contribution in [0, 0.1) is 6.92 Å². The van der Waals surface area contributed by atoms with Gasteiger partial charge in [-0.25, -0.2) is 4.68 Å². The lowest BCUT2D eigenvalue weighted by atomic mass is 9.87. The minimum Gasteiger partial charge on any atom is -0.355 e. The van der Waals surface area contributed by atoms with Crippen LogP contribution < -0.4 is 10.6 Å². The van der Waals surface area contributed by atoms with Gasteiger partial charge < -0.3 is 5.32 Å². The molecule has 0 fully saturated rings. The van der Waals surface area contributed by atoms with Crippen LogP contribution in [0.15, 0.2) is 54.9 Å². The Morgan fingerprint density at radius 1 is 1.14 bits per heavy atom. The lowest BCUT2D eigenvalue weighted by Crippen LogP contribution is -2.36. The highest BCUT2D eigenvalue weighted by Gasteiger charge is 2.17. The summed E-state index contributed by atoms with van der Waals surface area (Å²) >= 11 is 0. The van der Waals surface area contributed by atoms with Crippen molar-refractivity contribution in [2.24, 2.45) is 0 Å².